The summed E-state index contributed by atoms with van der Waals surface area (Å²) >= 11 is 5.93. The van der Waals surface area contributed by atoms with Gasteiger partial charge < -0.3 is 5.32 Å². The molecular formula is C18H18ClNO. The van der Waals surface area contributed by atoms with E-state index in [1.54, 1.807) is 0 Å². The molecule has 2 unspecified atom stereocenters. The molecule has 0 heterocycles. The summed E-state index contributed by atoms with van der Waals surface area (Å²) in [6.45, 7) is 0. The Bertz CT molecular complexity index is 609. The third kappa shape index (κ3) is 3.27. The molecule has 2 aromatic rings. The summed E-state index contributed by atoms with van der Waals surface area (Å²) in [6.07, 6.45) is 2.66. The van der Waals surface area contributed by atoms with Crippen LogP contribution < -0.4 is 5.32 Å². The van der Waals surface area contributed by atoms with Crippen LogP contribution in [-0.4, -0.2) is 5.78 Å². The van der Waals surface area contributed by atoms with Gasteiger partial charge in [-0.05, 0) is 42.7 Å². The summed E-state index contributed by atoms with van der Waals surface area (Å²) in [5.41, 5.74) is 2.15. The number of carbonyl (C=O) groups is 1. The summed E-state index contributed by atoms with van der Waals surface area (Å²) in [7, 11) is 0. The highest BCUT2D eigenvalue weighted by molar-refractivity contribution is 6.30. The SMILES string of the molecule is O=C1CCCC1C(Nc1ccc(Cl)cc1)c1ccccc1. The van der Waals surface area contributed by atoms with Gasteiger partial charge in [-0.2, -0.15) is 0 Å². The molecule has 1 aliphatic carbocycles. The van der Waals surface area contributed by atoms with Crippen LogP contribution in [0.25, 0.3) is 0 Å². The first-order chi connectivity index (χ1) is 10.2. The number of Topliss-reactive ketones (excluding diaryl/α,β-unsaturated/α-hetero) is 1. The lowest BCUT2D eigenvalue weighted by molar-refractivity contribution is -0.121. The Morgan fingerprint density at radius 1 is 1.05 bits per heavy atom. The fourth-order valence-corrected chi connectivity index (χ4v) is 3.12. The highest BCUT2D eigenvalue weighted by atomic mass is 35.5. The lowest BCUT2D eigenvalue weighted by Gasteiger charge is -2.25. The van der Waals surface area contributed by atoms with E-state index in [-0.39, 0.29) is 12.0 Å². The Kier molecular flexibility index (Phi) is 4.26. The minimum absolute atomic E-state index is 0.0300. The van der Waals surface area contributed by atoms with Crippen molar-refractivity contribution in [1.29, 1.82) is 0 Å². The van der Waals surface area contributed by atoms with Crippen LogP contribution in [0.5, 0.6) is 0 Å². The first kappa shape index (κ1) is 14.2. The zero-order valence-corrected chi connectivity index (χ0v) is 12.5. The number of carbonyl (C=O) groups excluding carboxylic acids is 1. The van der Waals surface area contributed by atoms with Gasteiger partial charge in [-0.1, -0.05) is 41.9 Å². The molecule has 0 bridgehead atoms. The van der Waals surface area contributed by atoms with Gasteiger partial charge in [0.25, 0.3) is 0 Å². The Morgan fingerprint density at radius 2 is 1.76 bits per heavy atom. The van der Waals surface area contributed by atoms with E-state index in [9.17, 15) is 4.79 Å². The van der Waals surface area contributed by atoms with E-state index in [4.69, 9.17) is 11.6 Å². The molecule has 0 saturated heterocycles. The Balaban J connectivity index is 1.88. The van der Waals surface area contributed by atoms with Crippen LogP contribution in [-0.2, 0) is 4.79 Å². The molecule has 1 fully saturated rings. The van der Waals surface area contributed by atoms with E-state index < -0.39 is 0 Å². The third-order valence-electron chi connectivity index (χ3n) is 4.08. The number of hydrogen-bond acceptors (Lipinski definition) is 2. The molecule has 0 aliphatic heterocycles. The molecule has 21 heavy (non-hydrogen) atoms. The Hall–Kier alpha value is -1.80. The van der Waals surface area contributed by atoms with Crippen LogP contribution in [0.15, 0.2) is 54.6 Å². The number of nitrogens with one attached hydrogen (secondary N) is 1. The molecule has 2 atom stereocenters. The third-order valence-corrected chi connectivity index (χ3v) is 4.33. The topological polar surface area (TPSA) is 29.1 Å². The van der Waals surface area contributed by atoms with E-state index in [0.717, 1.165) is 24.1 Å². The zero-order chi connectivity index (χ0) is 14.7. The predicted octanol–water partition coefficient (Wildman–Crippen LogP) is 4.86. The molecular weight excluding hydrogens is 282 g/mol. The molecule has 0 spiro atoms. The highest BCUT2D eigenvalue weighted by Gasteiger charge is 2.32. The van der Waals surface area contributed by atoms with Crippen molar-refractivity contribution < 1.29 is 4.79 Å². The number of benzene rings is 2. The van der Waals surface area contributed by atoms with E-state index in [0.29, 0.717) is 17.2 Å². The van der Waals surface area contributed by atoms with Crippen LogP contribution in [0.3, 0.4) is 0 Å². The van der Waals surface area contributed by atoms with E-state index in [1.165, 1.54) is 0 Å². The van der Waals surface area contributed by atoms with Crippen LogP contribution in [0.4, 0.5) is 5.69 Å². The van der Waals surface area contributed by atoms with Crippen molar-refractivity contribution >= 4 is 23.1 Å². The quantitative estimate of drug-likeness (QED) is 0.873. The van der Waals surface area contributed by atoms with E-state index in [1.807, 2.05) is 42.5 Å². The van der Waals surface area contributed by atoms with Gasteiger partial charge in [0, 0.05) is 23.0 Å². The van der Waals surface area contributed by atoms with Crippen molar-refractivity contribution in [2.75, 3.05) is 5.32 Å². The van der Waals surface area contributed by atoms with Crippen LogP contribution in [0, 0.1) is 5.92 Å². The van der Waals surface area contributed by atoms with Crippen LogP contribution in [0.2, 0.25) is 5.02 Å². The average Bonchev–Trinajstić information content (AvgIpc) is 2.93. The molecule has 0 radical (unpaired) electrons. The standard InChI is InChI=1S/C18H18ClNO/c19-14-9-11-15(12-10-14)20-18(13-5-2-1-3-6-13)16-7-4-8-17(16)21/h1-3,5-6,9-12,16,18,20H,4,7-8H2. The van der Waals surface area contributed by atoms with Crippen molar-refractivity contribution in [3.05, 3.63) is 65.2 Å². The minimum atomic E-state index is 0.0300. The fraction of sp³-hybridized carbons (Fsp3) is 0.278. The molecule has 2 aromatic carbocycles. The van der Waals surface area contributed by atoms with Gasteiger partial charge in [0.05, 0.1) is 6.04 Å². The van der Waals surface area contributed by atoms with Gasteiger partial charge in [-0.25, -0.2) is 0 Å². The van der Waals surface area contributed by atoms with Crippen LogP contribution in [0.1, 0.15) is 30.9 Å². The van der Waals surface area contributed by atoms with Gasteiger partial charge in [-0.3, -0.25) is 4.79 Å². The van der Waals surface area contributed by atoms with E-state index in [2.05, 4.69) is 17.4 Å². The predicted molar refractivity (Wildman–Crippen MR) is 86.6 cm³/mol. The minimum Gasteiger partial charge on any atom is -0.378 e. The number of halogens is 1. The summed E-state index contributed by atoms with van der Waals surface area (Å²) in [6, 6.07) is 17.9. The second-order valence-electron chi connectivity index (χ2n) is 5.50. The normalized spacial score (nSPS) is 19.5. The molecule has 108 valence electrons. The second-order valence-corrected chi connectivity index (χ2v) is 5.94. The number of ketones is 1. The number of hydrogen-bond donors (Lipinski definition) is 1. The van der Waals surface area contributed by atoms with Crippen molar-refractivity contribution in [1.82, 2.24) is 0 Å². The molecule has 2 nitrogen and oxygen atoms in total. The summed E-state index contributed by atoms with van der Waals surface area (Å²) in [5.74, 6) is 0.424. The first-order valence-corrected chi connectivity index (χ1v) is 7.71. The molecule has 1 N–H and O–H groups in total. The summed E-state index contributed by atoms with van der Waals surface area (Å²) in [5, 5.41) is 4.23. The molecule has 1 saturated carbocycles. The maximum Gasteiger partial charge on any atom is 0.138 e. The smallest absolute Gasteiger partial charge is 0.138 e. The molecule has 3 heteroatoms. The van der Waals surface area contributed by atoms with Gasteiger partial charge in [0.2, 0.25) is 0 Å². The van der Waals surface area contributed by atoms with Gasteiger partial charge in [0.15, 0.2) is 0 Å². The summed E-state index contributed by atoms with van der Waals surface area (Å²) in [4.78, 5) is 12.2. The molecule has 1 aliphatic rings. The maximum absolute atomic E-state index is 12.2. The molecule has 3 rings (SSSR count). The van der Waals surface area contributed by atoms with Gasteiger partial charge in [0.1, 0.15) is 5.78 Å². The number of anilines is 1. The monoisotopic (exact) mass is 299 g/mol. The molecule has 0 amide bonds. The van der Waals surface area contributed by atoms with Crippen molar-refractivity contribution in [3.8, 4) is 0 Å². The van der Waals surface area contributed by atoms with Crippen molar-refractivity contribution in [2.45, 2.75) is 25.3 Å². The molecule has 0 aromatic heterocycles. The fourth-order valence-electron chi connectivity index (χ4n) is 3.00. The lowest BCUT2D eigenvalue weighted by Crippen LogP contribution is -2.24. The zero-order valence-electron chi connectivity index (χ0n) is 11.8. The summed E-state index contributed by atoms with van der Waals surface area (Å²) < 4.78 is 0. The lowest BCUT2D eigenvalue weighted by atomic mass is 9.90. The largest absolute Gasteiger partial charge is 0.378 e. The number of rotatable bonds is 4. The Morgan fingerprint density at radius 3 is 2.38 bits per heavy atom. The maximum atomic E-state index is 12.2. The second kappa shape index (κ2) is 6.31. The van der Waals surface area contributed by atoms with E-state index >= 15 is 0 Å². The van der Waals surface area contributed by atoms with Crippen molar-refractivity contribution in [3.63, 3.8) is 0 Å². The van der Waals surface area contributed by atoms with Gasteiger partial charge in [-0.15, -0.1) is 0 Å². The average molecular weight is 300 g/mol. The van der Waals surface area contributed by atoms with Crippen LogP contribution >= 0.6 is 11.6 Å². The Labute approximate surface area is 130 Å². The van der Waals surface area contributed by atoms with Gasteiger partial charge >= 0.3 is 0 Å². The van der Waals surface area contributed by atoms with Crippen molar-refractivity contribution in [2.24, 2.45) is 5.92 Å². The highest BCUT2D eigenvalue weighted by Crippen LogP contribution is 2.35. The first-order valence-electron chi connectivity index (χ1n) is 7.34.